The summed E-state index contributed by atoms with van der Waals surface area (Å²) in [4.78, 5) is 27.0. The summed E-state index contributed by atoms with van der Waals surface area (Å²) in [6.45, 7) is 7.46. The van der Waals surface area contributed by atoms with E-state index in [0.717, 1.165) is 44.3 Å². The summed E-state index contributed by atoms with van der Waals surface area (Å²) >= 11 is 0. The zero-order valence-corrected chi connectivity index (χ0v) is 22.0. The Kier molecular flexibility index (Phi) is 6.61. The molecule has 0 bridgehead atoms. The molecule has 1 unspecified atom stereocenters. The average molecular weight is 489 g/mol. The van der Waals surface area contributed by atoms with Crippen molar-refractivity contribution in [3.05, 3.63) is 58.7 Å². The number of carboxylic acid groups (broad SMARTS) is 1. The predicted molar refractivity (Wildman–Crippen MR) is 145 cm³/mol. The van der Waals surface area contributed by atoms with Gasteiger partial charge in [-0.05, 0) is 97.2 Å². The highest BCUT2D eigenvalue weighted by molar-refractivity contribution is 6.01. The molecule has 1 saturated carbocycles. The summed E-state index contributed by atoms with van der Waals surface area (Å²) in [6.07, 6.45) is 9.63. The number of carbonyl (C=O) groups is 2. The first-order chi connectivity index (χ1) is 17.2. The van der Waals surface area contributed by atoms with Crippen LogP contribution in [0.5, 0.6) is 0 Å². The van der Waals surface area contributed by atoms with Crippen molar-refractivity contribution in [2.24, 2.45) is 5.41 Å². The van der Waals surface area contributed by atoms with Crippen molar-refractivity contribution in [1.82, 2.24) is 0 Å². The highest BCUT2D eigenvalue weighted by Crippen LogP contribution is 2.50. The third-order valence-corrected chi connectivity index (χ3v) is 8.56. The van der Waals surface area contributed by atoms with Gasteiger partial charge < -0.3 is 15.3 Å². The molecule has 1 atom stereocenters. The third-order valence-electron chi connectivity index (χ3n) is 8.56. The molecule has 1 heterocycles. The number of rotatable bonds is 7. The topological polar surface area (TPSA) is 69.6 Å². The van der Waals surface area contributed by atoms with Gasteiger partial charge in [-0.25, -0.2) is 0 Å². The Bertz CT molecular complexity index is 1160. The Balaban J connectivity index is 1.33. The van der Waals surface area contributed by atoms with Crippen molar-refractivity contribution in [1.29, 1.82) is 0 Å². The first-order valence-corrected chi connectivity index (χ1v) is 13.7. The molecule has 3 aliphatic rings. The lowest BCUT2D eigenvalue weighted by molar-refractivity contribution is -0.137. The number of anilines is 2. The molecule has 1 amide bonds. The number of carboxylic acids is 1. The highest BCUT2D eigenvalue weighted by Gasteiger charge is 2.51. The smallest absolute Gasteiger partial charge is 0.303 e. The molecule has 2 aromatic carbocycles. The molecular weight excluding hydrogens is 448 g/mol. The second-order valence-electron chi connectivity index (χ2n) is 12.2. The molecule has 1 fully saturated rings. The van der Waals surface area contributed by atoms with Gasteiger partial charge in [-0.15, -0.1) is 0 Å². The van der Waals surface area contributed by atoms with Gasteiger partial charge >= 0.3 is 5.97 Å². The lowest BCUT2D eigenvalue weighted by atomic mass is 9.84. The number of carbonyl (C=O) groups excluding carboxylic acids is 1. The van der Waals surface area contributed by atoms with Crippen LogP contribution in [0.25, 0.3) is 0 Å². The van der Waals surface area contributed by atoms with Crippen molar-refractivity contribution in [3.63, 3.8) is 0 Å². The van der Waals surface area contributed by atoms with Gasteiger partial charge in [0.25, 0.3) is 0 Å². The molecule has 0 spiro atoms. The number of fused-ring (bicyclic) bond motifs is 2. The first-order valence-electron chi connectivity index (χ1n) is 13.7. The fourth-order valence-electron chi connectivity index (χ4n) is 6.27. The van der Waals surface area contributed by atoms with E-state index in [0.29, 0.717) is 12.5 Å². The summed E-state index contributed by atoms with van der Waals surface area (Å²) < 4.78 is 0. The standard InChI is InChI=1S/C31H40N2O3/c1-30(2,3)27-20-23-19-25(13-14-26(23)33(27)17-7-10-28(34)35)32-29(36)31(15-16-31)24-12-11-21-8-5-4-6-9-22(21)18-24/h11-14,18-19,27H,4-10,15-17,20H2,1-3H3,(H,32,36)(H,34,35). The van der Waals surface area contributed by atoms with Crippen LogP contribution in [0.1, 0.15) is 88.0 Å². The lowest BCUT2D eigenvalue weighted by Crippen LogP contribution is -2.42. The number of hydrogen-bond acceptors (Lipinski definition) is 3. The van der Waals surface area contributed by atoms with Crippen LogP contribution in [0.4, 0.5) is 11.4 Å². The van der Waals surface area contributed by atoms with E-state index in [-0.39, 0.29) is 17.7 Å². The summed E-state index contributed by atoms with van der Waals surface area (Å²) in [5.74, 6) is -0.636. The molecule has 2 N–H and O–H groups in total. The zero-order valence-electron chi connectivity index (χ0n) is 22.0. The second-order valence-corrected chi connectivity index (χ2v) is 12.2. The summed E-state index contributed by atoms with van der Waals surface area (Å²) in [6, 6.07) is 13.3. The average Bonchev–Trinajstić information content (AvgIpc) is 3.59. The Morgan fingerprint density at radius 1 is 1.00 bits per heavy atom. The minimum absolute atomic E-state index is 0.0645. The Hall–Kier alpha value is -2.82. The Morgan fingerprint density at radius 3 is 2.44 bits per heavy atom. The number of aliphatic carboxylic acids is 1. The van der Waals surface area contributed by atoms with E-state index in [9.17, 15) is 9.59 Å². The molecule has 2 aromatic rings. The summed E-state index contributed by atoms with van der Waals surface area (Å²) in [5.41, 5.74) is 7.03. The van der Waals surface area contributed by atoms with Crippen molar-refractivity contribution < 1.29 is 14.7 Å². The fraction of sp³-hybridized carbons (Fsp3) is 0.548. The van der Waals surface area contributed by atoms with Crippen LogP contribution in [-0.2, 0) is 34.3 Å². The molecule has 0 saturated heterocycles. The Labute approximate surface area is 215 Å². The number of amides is 1. The van der Waals surface area contributed by atoms with Gasteiger partial charge in [0.1, 0.15) is 0 Å². The molecule has 2 aliphatic carbocycles. The lowest BCUT2D eigenvalue weighted by Gasteiger charge is -2.37. The summed E-state index contributed by atoms with van der Waals surface area (Å²) in [5, 5.41) is 12.4. The van der Waals surface area contributed by atoms with E-state index in [1.165, 1.54) is 47.2 Å². The van der Waals surface area contributed by atoms with E-state index < -0.39 is 11.4 Å². The largest absolute Gasteiger partial charge is 0.481 e. The normalized spacial score (nSPS) is 20.3. The third kappa shape index (κ3) is 4.89. The van der Waals surface area contributed by atoms with E-state index in [4.69, 9.17) is 5.11 Å². The molecule has 192 valence electrons. The number of benzene rings is 2. The molecule has 5 rings (SSSR count). The van der Waals surface area contributed by atoms with Gasteiger partial charge in [0, 0.05) is 30.4 Å². The molecular formula is C31H40N2O3. The number of nitrogens with one attached hydrogen (secondary N) is 1. The minimum atomic E-state index is -0.747. The van der Waals surface area contributed by atoms with Gasteiger partial charge in [-0.1, -0.05) is 45.4 Å². The molecule has 0 radical (unpaired) electrons. The van der Waals surface area contributed by atoms with E-state index in [2.05, 4.69) is 61.3 Å². The van der Waals surface area contributed by atoms with Gasteiger partial charge in [0.05, 0.1) is 5.41 Å². The molecule has 1 aliphatic heterocycles. The van der Waals surface area contributed by atoms with Crippen molar-refractivity contribution in [2.45, 2.75) is 96.4 Å². The number of hydrogen-bond donors (Lipinski definition) is 2. The SMILES string of the molecule is CC(C)(C)C1Cc2cc(NC(=O)C3(c4ccc5c(c4)CCCCC5)CC3)ccc2N1CCCC(=O)O. The van der Waals surface area contributed by atoms with E-state index in [1.807, 2.05) is 6.07 Å². The Morgan fingerprint density at radius 2 is 1.75 bits per heavy atom. The minimum Gasteiger partial charge on any atom is -0.481 e. The molecule has 36 heavy (non-hydrogen) atoms. The van der Waals surface area contributed by atoms with Gasteiger partial charge in [0.2, 0.25) is 5.91 Å². The van der Waals surface area contributed by atoms with Gasteiger partial charge in [0.15, 0.2) is 0 Å². The fourth-order valence-corrected chi connectivity index (χ4v) is 6.27. The van der Waals surface area contributed by atoms with Crippen LogP contribution in [0.15, 0.2) is 36.4 Å². The number of aryl methyl sites for hydroxylation is 2. The van der Waals surface area contributed by atoms with Gasteiger partial charge in [-0.3, -0.25) is 9.59 Å². The van der Waals surface area contributed by atoms with Gasteiger partial charge in [-0.2, -0.15) is 0 Å². The maximum Gasteiger partial charge on any atom is 0.303 e. The van der Waals surface area contributed by atoms with Crippen molar-refractivity contribution in [2.75, 3.05) is 16.8 Å². The maximum atomic E-state index is 13.5. The van der Waals surface area contributed by atoms with Crippen molar-refractivity contribution >= 4 is 23.3 Å². The van der Waals surface area contributed by atoms with Crippen molar-refractivity contribution in [3.8, 4) is 0 Å². The van der Waals surface area contributed by atoms with Crippen LogP contribution in [-0.4, -0.2) is 29.6 Å². The monoisotopic (exact) mass is 488 g/mol. The maximum absolute atomic E-state index is 13.5. The molecule has 0 aromatic heterocycles. The van der Waals surface area contributed by atoms with E-state index >= 15 is 0 Å². The molecule has 5 heteroatoms. The van der Waals surface area contributed by atoms with E-state index in [1.54, 1.807) is 0 Å². The highest BCUT2D eigenvalue weighted by atomic mass is 16.4. The van der Waals surface area contributed by atoms with Crippen LogP contribution in [0.2, 0.25) is 0 Å². The van der Waals surface area contributed by atoms with Crippen LogP contribution in [0.3, 0.4) is 0 Å². The van der Waals surface area contributed by atoms with Crippen LogP contribution < -0.4 is 10.2 Å². The van der Waals surface area contributed by atoms with Crippen LogP contribution >= 0.6 is 0 Å². The quantitative estimate of drug-likeness (QED) is 0.451. The zero-order chi connectivity index (χ0) is 25.5. The first kappa shape index (κ1) is 24.9. The predicted octanol–water partition coefficient (Wildman–Crippen LogP) is 6.27. The second kappa shape index (κ2) is 9.57. The van der Waals surface area contributed by atoms with Crippen LogP contribution in [0, 0.1) is 5.41 Å². The number of nitrogens with zero attached hydrogens (tertiary/aromatic N) is 1. The summed E-state index contributed by atoms with van der Waals surface area (Å²) in [7, 11) is 0. The molecule has 5 nitrogen and oxygen atoms in total.